The molecular formula is C8H18O5. The molecule has 0 saturated carbocycles. The van der Waals surface area contributed by atoms with Gasteiger partial charge >= 0.3 is 6.16 Å². The Morgan fingerprint density at radius 1 is 1.15 bits per heavy atom. The van der Waals surface area contributed by atoms with Gasteiger partial charge in [0.1, 0.15) is 0 Å². The molecule has 0 fully saturated rings. The van der Waals surface area contributed by atoms with E-state index in [2.05, 4.69) is 26.1 Å². The van der Waals surface area contributed by atoms with Gasteiger partial charge in [-0.05, 0) is 6.92 Å². The minimum absolute atomic E-state index is 1.03. The van der Waals surface area contributed by atoms with Crippen LogP contribution in [0.4, 0.5) is 4.79 Å². The third-order valence-electron chi connectivity index (χ3n) is 0.303. The lowest BCUT2D eigenvalue weighted by atomic mass is 10.8. The van der Waals surface area contributed by atoms with Crippen molar-refractivity contribution in [3.8, 4) is 0 Å². The van der Waals surface area contributed by atoms with E-state index in [9.17, 15) is 4.79 Å². The molecule has 0 atom stereocenters. The Labute approximate surface area is 79.1 Å². The molecule has 0 saturated heterocycles. The summed E-state index contributed by atoms with van der Waals surface area (Å²) in [5.41, 5.74) is 0. The van der Waals surface area contributed by atoms with Crippen LogP contribution in [-0.2, 0) is 19.6 Å². The monoisotopic (exact) mass is 194 g/mol. The van der Waals surface area contributed by atoms with Gasteiger partial charge in [0, 0.05) is 0 Å². The maximum atomic E-state index is 9.95. The number of carbonyl (C=O) groups excluding carboxylic acids is 1. The van der Waals surface area contributed by atoms with Crippen LogP contribution in [0.2, 0.25) is 0 Å². The molecule has 0 aliphatic heterocycles. The summed E-state index contributed by atoms with van der Waals surface area (Å²) >= 11 is 0. The van der Waals surface area contributed by atoms with Crippen molar-refractivity contribution in [1.82, 2.24) is 0 Å². The van der Waals surface area contributed by atoms with Crippen molar-refractivity contribution in [3.05, 3.63) is 12.7 Å². The summed E-state index contributed by atoms with van der Waals surface area (Å²) in [7, 11) is 2.36. The Hall–Kier alpha value is -1.07. The normalized spacial score (nSPS) is 6.54. The first-order chi connectivity index (χ1) is 6.22. The van der Waals surface area contributed by atoms with Crippen LogP contribution in [0.5, 0.6) is 0 Å². The molecule has 5 heteroatoms. The third-order valence-corrected chi connectivity index (χ3v) is 0.303. The van der Waals surface area contributed by atoms with Crippen molar-refractivity contribution < 1.29 is 24.3 Å². The quantitative estimate of drug-likeness (QED) is 0.384. The van der Waals surface area contributed by atoms with Crippen LogP contribution in [0.15, 0.2) is 12.7 Å². The molecule has 0 unspecified atom stereocenters. The molecule has 13 heavy (non-hydrogen) atoms. The lowest BCUT2D eigenvalue weighted by Gasteiger charge is -1.94. The zero-order valence-corrected chi connectivity index (χ0v) is 8.83. The zero-order valence-electron chi connectivity index (χ0n) is 8.83. The molecule has 0 aliphatic carbocycles. The second-order valence-electron chi connectivity index (χ2n) is 1.16. The fraction of sp³-hybridized carbons (Fsp3) is 0.625. The molecule has 0 amide bonds. The summed E-state index contributed by atoms with van der Waals surface area (Å²) in [6.45, 7) is 9.25. The van der Waals surface area contributed by atoms with Crippen LogP contribution in [-0.4, -0.2) is 20.4 Å². The molecule has 0 aromatic carbocycles. The highest BCUT2D eigenvalue weighted by Gasteiger charge is 2.01. The van der Waals surface area contributed by atoms with Crippen molar-refractivity contribution in [2.24, 2.45) is 0 Å². The summed E-state index contributed by atoms with van der Waals surface area (Å²) in [5.74, 6) is 0. The van der Waals surface area contributed by atoms with Crippen LogP contribution >= 0.6 is 0 Å². The van der Waals surface area contributed by atoms with E-state index in [4.69, 9.17) is 0 Å². The van der Waals surface area contributed by atoms with Crippen LogP contribution in [0.1, 0.15) is 20.8 Å². The zero-order chi connectivity index (χ0) is 11.1. The van der Waals surface area contributed by atoms with E-state index in [1.807, 2.05) is 20.8 Å². The Kier molecular flexibility index (Phi) is 30.9. The summed E-state index contributed by atoms with van der Waals surface area (Å²) in [6.07, 6.45) is 0.718. The molecular weight excluding hydrogens is 176 g/mol. The molecule has 0 spiro atoms. The standard InChI is InChI=1S/C3H6O5.C3H6.C2H6/c1-5-7-3(4)8-6-2;1-3-2;1-2/h1-2H3;3H,1H2,2H3;1-2H3. The molecule has 0 heterocycles. The SMILES string of the molecule is C=CC.CC.COOC(=O)OOC. The van der Waals surface area contributed by atoms with E-state index < -0.39 is 6.16 Å². The molecule has 0 rings (SSSR count). The second kappa shape index (κ2) is 22.4. The Bertz CT molecular complexity index is 94.7. The Balaban J connectivity index is -0.000000169. The molecule has 0 bridgehead atoms. The maximum absolute atomic E-state index is 9.95. The molecule has 0 aliphatic rings. The van der Waals surface area contributed by atoms with Gasteiger partial charge in [-0.15, -0.1) is 6.58 Å². The lowest BCUT2D eigenvalue weighted by molar-refractivity contribution is -0.298. The van der Waals surface area contributed by atoms with Crippen molar-refractivity contribution >= 4 is 6.16 Å². The van der Waals surface area contributed by atoms with Crippen molar-refractivity contribution in [3.63, 3.8) is 0 Å². The van der Waals surface area contributed by atoms with E-state index in [0.717, 1.165) is 0 Å². The van der Waals surface area contributed by atoms with Crippen LogP contribution in [0, 0.1) is 0 Å². The number of hydrogen-bond acceptors (Lipinski definition) is 5. The average molecular weight is 194 g/mol. The van der Waals surface area contributed by atoms with Gasteiger partial charge in [0.05, 0.1) is 14.2 Å². The van der Waals surface area contributed by atoms with E-state index in [-0.39, 0.29) is 0 Å². The fourth-order valence-corrected chi connectivity index (χ4v) is 0.150. The molecule has 0 aromatic rings. The average Bonchev–Trinajstić information content (AvgIpc) is 2.10. The highest BCUT2D eigenvalue weighted by molar-refractivity contribution is 5.57. The van der Waals surface area contributed by atoms with Crippen molar-refractivity contribution in [2.45, 2.75) is 20.8 Å². The Morgan fingerprint density at radius 3 is 1.54 bits per heavy atom. The predicted molar refractivity (Wildman–Crippen MR) is 48.8 cm³/mol. The van der Waals surface area contributed by atoms with E-state index in [1.165, 1.54) is 14.2 Å². The lowest BCUT2D eigenvalue weighted by Crippen LogP contribution is -2.04. The van der Waals surface area contributed by atoms with E-state index in [1.54, 1.807) is 6.08 Å². The van der Waals surface area contributed by atoms with Crippen LogP contribution in [0.25, 0.3) is 0 Å². The van der Waals surface area contributed by atoms with E-state index >= 15 is 0 Å². The highest BCUT2D eigenvalue weighted by Crippen LogP contribution is 1.82. The summed E-state index contributed by atoms with van der Waals surface area (Å²) in [6, 6.07) is 0. The third kappa shape index (κ3) is 35.9. The minimum atomic E-state index is -1.03. The second-order valence-corrected chi connectivity index (χ2v) is 1.16. The first-order valence-electron chi connectivity index (χ1n) is 3.75. The molecule has 5 nitrogen and oxygen atoms in total. The minimum Gasteiger partial charge on any atom is -0.258 e. The van der Waals surface area contributed by atoms with Gasteiger partial charge in [0.15, 0.2) is 0 Å². The molecule has 0 aromatic heterocycles. The van der Waals surface area contributed by atoms with Gasteiger partial charge in [0.2, 0.25) is 0 Å². The van der Waals surface area contributed by atoms with Gasteiger partial charge in [-0.2, -0.15) is 14.6 Å². The predicted octanol–water partition coefficient (Wildman–Crippen LogP) is 2.48. The summed E-state index contributed by atoms with van der Waals surface area (Å²) in [4.78, 5) is 25.3. The van der Waals surface area contributed by atoms with Gasteiger partial charge in [-0.25, -0.2) is 0 Å². The van der Waals surface area contributed by atoms with Gasteiger partial charge in [0.25, 0.3) is 0 Å². The van der Waals surface area contributed by atoms with Gasteiger partial charge in [-0.1, -0.05) is 19.9 Å². The topological polar surface area (TPSA) is 54.0 Å². The maximum Gasteiger partial charge on any atom is 0.573 e. The molecule has 0 N–H and O–H groups in total. The van der Waals surface area contributed by atoms with Crippen molar-refractivity contribution in [1.29, 1.82) is 0 Å². The molecule has 0 radical (unpaired) electrons. The van der Waals surface area contributed by atoms with E-state index in [0.29, 0.717) is 0 Å². The molecule has 80 valence electrons. The first kappa shape index (κ1) is 17.9. The number of rotatable bonds is 2. The van der Waals surface area contributed by atoms with Crippen molar-refractivity contribution in [2.75, 3.05) is 14.2 Å². The Morgan fingerprint density at radius 2 is 1.38 bits per heavy atom. The summed E-state index contributed by atoms with van der Waals surface area (Å²) in [5, 5.41) is 0. The highest BCUT2D eigenvalue weighted by atomic mass is 17.3. The van der Waals surface area contributed by atoms with Gasteiger partial charge < -0.3 is 0 Å². The number of carbonyl (C=O) groups is 1. The van der Waals surface area contributed by atoms with Crippen LogP contribution < -0.4 is 0 Å². The van der Waals surface area contributed by atoms with Gasteiger partial charge in [-0.3, -0.25) is 9.78 Å². The number of allylic oxidation sites excluding steroid dienone is 1. The fourth-order valence-electron chi connectivity index (χ4n) is 0.150. The van der Waals surface area contributed by atoms with Crippen LogP contribution in [0.3, 0.4) is 0 Å². The summed E-state index contributed by atoms with van der Waals surface area (Å²) < 4.78 is 0. The largest absolute Gasteiger partial charge is 0.573 e. The smallest absolute Gasteiger partial charge is 0.258 e. The number of hydrogen-bond donors (Lipinski definition) is 0. The first-order valence-corrected chi connectivity index (χ1v) is 3.75.